The van der Waals surface area contributed by atoms with Gasteiger partial charge in [0.25, 0.3) is 0 Å². The van der Waals surface area contributed by atoms with E-state index in [1.807, 2.05) is 36.3 Å². The van der Waals surface area contributed by atoms with Crippen molar-refractivity contribution in [3.05, 3.63) is 54.1 Å². The van der Waals surface area contributed by atoms with Crippen LogP contribution in [0, 0.1) is 0 Å². The first kappa shape index (κ1) is 30.5. The molecule has 36 heavy (non-hydrogen) atoms. The van der Waals surface area contributed by atoms with E-state index in [0.29, 0.717) is 13.2 Å². The summed E-state index contributed by atoms with van der Waals surface area (Å²) in [5.74, 6) is -5.51. The molecule has 1 unspecified atom stereocenters. The lowest BCUT2D eigenvalue weighted by molar-refractivity contribution is -0.193. The van der Waals surface area contributed by atoms with E-state index in [-0.39, 0.29) is 6.04 Å². The number of hydrogen-bond acceptors (Lipinski definition) is 7. The molecule has 0 spiro atoms. The first-order valence-electron chi connectivity index (χ1n) is 9.98. The van der Waals surface area contributed by atoms with Crippen molar-refractivity contribution in [2.75, 3.05) is 19.8 Å². The lowest BCUT2D eigenvalue weighted by Crippen LogP contribution is -2.38. The number of hydrogen-bond donors (Lipinski definition) is 2. The van der Waals surface area contributed by atoms with Crippen molar-refractivity contribution in [1.29, 1.82) is 0 Å². The van der Waals surface area contributed by atoms with Gasteiger partial charge in [0.2, 0.25) is 0 Å². The Labute approximate surface area is 200 Å². The van der Waals surface area contributed by atoms with Crippen molar-refractivity contribution in [3.8, 4) is 0 Å². The van der Waals surface area contributed by atoms with Crippen LogP contribution in [0.25, 0.3) is 0 Å². The van der Waals surface area contributed by atoms with E-state index >= 15 is 0 Å². The Hall–Kier alpha value is -3.53. The van der Waals surface area contributed by atoms with Gasteiger partial charge in [-0.2, -0.15) is 26.3 Å². The molecule has 2 aromatic rings. The minimum Gasteiger partial charge on any atom is -0.475 e. The summed E-state index contributed by atoms with van der Waals surface area (Å²) in [6, 6.07) is 4.23. The highest BCUT2D eigenvalue weighted by Crippen LogP contribution is 2.29. The van der Waals surface area contributed by atoms with Crippen molar-refractivity contribution < 1.29 is 50.9 Å². The maximum absolute atomic E-state index is 10.6. The highest BCUT2D eigenvalue weighted by Gasteiger charge is 2.39. The van der Waals surface area contributed by atoms with Gasteiger partial charge in [0.15, 0.2) is 0 Å². The Morgan fingerprint density at radius 3 is 2.14 bits per heavy atom. The Balaban J connectivity index is 0.000000383. The number of carboxylic acid groups (broad SMARTS) is 2. The van der Waals surface area contributed by atoms with Gasteiger partial charge in [-0.3, -0.25) is 14.6 Å². The van der Waals surface area contributed by atoms with Crippen molar-refractivity contribution in [1.82, 2.24) is 24.9 Å². The van der Waals surface area contributed by atoms with Gasteiger partial charge >= 0.3 is 24.3 Å². The predicted octanol–water partition coefficient (Wildman–Crippen LogP) is 2.78. The van der Waals surface area contributed by atoms with E-state index in [1.54, 1.807) is 6.08 Å². The summed E-state index contributed by atoms with van der Waals surface area (Å²) in [6.07, 6.45) is -3.78. The van der Waals surface area contributed by atoms with E-state index < -0.39 is 24.3 Å². The zero-order chi connectivity index (χ0) is 27.5. The number of fused-ring (bicyclic) bond motifs is 1. The second-order valence-corrected chi connectivity index (χ2v) is 7.07. The molecule has 2 aromatic heterocycles. The average Bonchev–Trinajstić information content (AvgIpc) is 3.16. The van der Waals surface area contributed by atoms with E-state index in [1.165, 1.54) is 11.3 Å². The number of nitrogens with zero attached hydrogens (tertiary/aromatic N) is 5. The molecule has 0 saturated heterocycles. The highest BCUT2D eigenvalue weighted by atomic mass is 19.4. The van der Waals surface area contributed by atoms with E-state index in [0.717, 1.165) is 25.2 Å². The maximum atomic E-state index is 10.6. The minimum atomic E-state index is -5.08. The highest BCUT2D eigenvalue weighted by molar-refractivity contribution is 5.73. The molecule has 1 aliphatic rings. The van der Waals surface area contributed by atoms with Crippen LogP contribution in [0.15, 0.2) is 37.2 Å². The summed E-state index contributed by atoms with van der Waals surface area (Å²) < 4.78 is 71.1. The molecule has 0 bridgehead atoms. The minimum absolute atomic E-state index is 0.130. The van der Waals surface area contributed by atoms with E-state index in [4.69, 9.17) is 24.5 Å². The third-order valence-electron chi connectivity index (χ3n) is 4.50. The van der Waals surface area contributed by atoms with E-state index in [2.05, 4.69) is 26.8 Å². The number of pyridine rings is 1. The number of halogens is 6. The zero-order valence-corrected chi connectivity index (χ0v) is 18.8. The Kier molecular flexibility index (Phi) is 11.5. The van der Waals surface area contributed by atoms with Gasteiger partial charge < -0.3 is 14.9 Å². The molecule has 0 amide bonds. The zero-order valence-electron chi connectivity index (χ0n) is 18.8. The van der Waals surface area contributed by atoms with Crippen LogP contribution < -0.4 is 0 Å². The number of aromatic nitrogens is 4. The molecule has 0 saturated carbocycles. The normalized spacial score (nSPS) is 15.5. The number of ether oxygens (including phenoxy) is 1. The van der Waals surface area contributed by atoms with Gasteiger partial charge in [0.1, 0.15) is 5.69 Å². The number of carboxylic acids is 2. The van der Waals surface area contributed by atoms with Crippen LogP contribution >= 0.6 is 0 Å². The topological polar surface area (TPSA) is 131 Å². The summed E-state index contributed by atoms with van der Waals surface area (Å²) in [5.41, 5.74) is 3.49. The van der Waals surface area contributed by atoms with Crippen molar-refractivity contribution in [2.24, 2.45) is 7.05 Å². The first-order chi connectivity index (χ1) is 16.7. The largest absolute Gasteiger partial charge is 0.490 e. The second-order valence-electron chi connectivity index (χ2n) is 7.07. The summed E-state index contributed by atoms with van der Waals surface area (Å²) >= 11 is 0. The lowest BCUT2D eigenvalue weighted by atomic mass is 10.0. The molecule has 1 aliphatic heterocycles. The van der Waals surface area contributed by atoms with Gasteiger partial charge in [-0.1, -0.05) is 11.3 Å². The standard InChI is InChI=1S/C16H21N5O.2C2HF3O2/c1-3-10-22-12-15-16-14(20(2)19-18-16)6-9-21(15)11-13-4-7-17-8-5-13;2*3-2(4,5)1(6)7/h3-5,7-8,15H,1,6,9-12H2,2H3;2*(H,6,7). The molecule has 200 valence electrons. The van der Waals surface area contributed by atoms with Gasteiger partial charge in [-0.15, -0.1) is 11.7 Å². The summed E-state index contributed by atoms with van der Waals surface area (Å²) in [6.45, 7) is 6.68. The Morgan fingerprint density at radius 2 is 1.67 bits per heavy atom. The molecule has 2 N–H and O–H groups in total. The predicted molar refractivity (Wildman–Crippen MR) is 110 cm³/mol. The number of alkyl halides is 6. The molecule has 3 rings (SSSR count). The average molecular weight is 527 g/mol. The van der Waals surface area contributed by atoms with Crippen LogP contribution in [0.5, 0.6) is 0 Å². The SMILES string of the molecule is C=CCOCC1c2nnn(C)c2CCN1Cc1ccncc1.O=C(O)C(F)(F)F.O=C(O)C(F)(F)F. The van der Waals surface area contributed by atoms with Crippen LogP contribution in [0.4, 0.5) is 26.3 Å². The molecule has 0 fully saturated rings. The monoisotopic (exact) mass is 527 g/mol. The van der Waals surface area contributed by atoms with Gasteiger partial charge in [0.05, 0.1) is 24.9 Å². The smallest absolute Gasteiger partial charge is 0.475 e. The molecule has 16 heteroatoms. The van der Waals surface area contributed by atoms with Gasteiger partial charge in [0, 0.05) is 39.0 Å². The fraction of sp³-hybridized carbons (Fsp3) is 0.450. The number of carbonyl (C=O) groups is 2. The van der Waals surface area contributed by atoms with Gasteiger partial charge in [-0.25, -0.2) is 9.59 Å². The van der Waals surface area contributed by atoms with E-state index in [9.17, 15) is 26.3 Å². The van der Waals surface area contributed by atoms with Crippen molar-refractivity contribution >= 4 is 11.9 Å². The van der Waals surface area contributed by atoms with Crippen LogP contribution in [0.3, 0.4) is 0 Å². The van der Waals surface area contributed by atoms with Crippen molar-refractivity contribution in [3.63, 3.8) is 0 Å². The molecule has 3 heterocycles. The third-order valence-corrected chi connectivity index (χ3v) is 4.50. The molecular formula is C20H23F6N5O5. The molecule has 10 nitrogen and oxygen atoms in total. The summed E-state index contributed by atoms with van der Waals surface area (Å²) in [5, 5.41) is 22.8. The van der Waals surface area contributed by atoms with Crippen LogP contribution in [0.1, 0.15) is 23.0 Å². The lowest BCUT2D eigenvalue weighted by Gasteiger charge is -2.34. The fourth-order valence-electron chi connectivity index (χ4n) is 2.88. The molecule has 0 aliphatic carbocycles. The fourth-order valence-corrected chi connectivity index (χ4v) is 2.88. The Morgan fingerprint density at radius 1 is 1.14 bits per heavy atom. The number of aryl methyl sites for hydroxylation is 1. The van der Waals surface area contributed by atoms with Crippen molar-refractivity contribution in [2.45, 2.75) is 31.4 Å². The molecule has 1 atom stereocenters. The molecule has 0 radical (unpaired) electrons. The molecular weight excluding hydrogens is 504 g/mol. The van der Waals surface area contributed by atoms with Crippen LogP contribution in [0.2, 0.25) is 0 Å². The molecule has 0 aromatic carbocycles. The Bertz CT molecular complexity index is 973. The van der Waals surface area contributed by atoms with Gasteiger partial charge in [-0.05, 0) is 17.7 Å². The first-order valence-corrected chi connectivity index (χ1v) is 9.98. The van der Waals surface area contributed by atoms with Crippen LogP contribution in [-0.2, 0) is 34.3 Å². The number of rotatable bonds is 6. The summed E-state index contributed by atoms with van der Waals surface area (Å²) in [4.78, 5) is 24.3. The summed E-state index contributed by atoms with van der Waals surface area (Å²) in [7, 11) is 1.95. The number of aliphatic carboxylic acids is 2. The van der Waals surface area contributed by atoms with Crippen LogP contribution in [-0.4, -0.2) is 79.1 Å². The second kappa shape index (κ2) is 13.5. The third kappa shape index (κ3) is 9.99. The maximum Gasteiger partial charge on any atom is 0.490 e. The quantitative estimate of drug-likeness (QED) is 0.331.